The third-order valence-corrected chi connectivity index (χ3v) is 4.54. The molecule has 0 bridgehead atoms. The fourth-order valence-corrected chi connectivity index (χ4v) is 3.35. The first-order valence-electron chi connectivity index (χ1n) is 7.73. The monoisotopic (exact) mass is 284 g/mol. The van der Waals surface area contributed by atoms with Crippen molar-refractivity contribution in [1.82, 2.24) is 0 Å². The van der Waals surface area contributed by atoms with E-state index in [1.807, 2.05) is 20.8 Å². The molecule has 2 unspecified atom stereocenters. The summed E-state index contributed by atoms with van der Waals surface area (Å²) < 4.78 is 11.5. The van der Waals surface area contributed by atoms with Crippen molar-refractivity contribution in [3.63, 3.8) is 0 Å². The van der Waals surface area contributed by atoms with Gasteiger partial charge in [-0.05, 0) is 26.2 Å². The number of aliphatic hydroxyl groups excluding tert-OH is 1. The molecule has 0 aromatic carbocycles. The van der Waals surface area contributed by atoms with E-state index in [1.54, 1.807) is 7.11 Å². The number of ether oxygens (including phenoxy) is 2. The highest BCUT2D eigenvalue weighted by molar-refractivity contribution is 4.97. The zero-order valence-electron chi connectivity index (χ0n) is 13.9. The van der Waals surface area contributed by atoms with Crippen molar-refractivity contribution in [2.24, 2.45) is 11.3 Å². The number of rotatable bonds is 8. The van der Waals surface area contributed by atoms with Crippen molar-refractivity contribution in [3.8, 4) is 0 Å². The van der Waals surface area contributed by atoms with Crippen LogP contribution in [-0.2, 0) is 9.47 Å². The van der Waals surface area contributed by atoms with Gasteiger partial charge in [0.2, 0.25) is 0 Å². The largest absolute Gasteiger partial charge is 0.384 e. The van der Waals surface area contributed by atoms with Gasteiger partial charge in [-0.15, -0.1) is 6.58 Å². The summed E-state index contributed by atoms with van der Waals surface area (Å²) in [5.74, 6) is 0.297. The Morgan fingerprint density at radius 3 is 2.35 bits per heavy atom. The summed E-state index contributed by atoms with van der Waals surface area (Å²) in [5, 5.41) is 10.6. The lowest BCUT2D eigenvalue weighted by Crippen LogP contribution is -2.46. The molecule has 118 valence electrons. The Morgan fingerprint density at radius 1 is 1.35 bits per heavy atom. The van der Waals surface area contributed by atoms with E-state index >= 15 is 0 Å². The molecule has 0 aromatic rings. The van der Waals surface area contributed by atoms with Gasteiger partial charge in [-0.2, -0.15) is 0 Å². The molecule has 0 saturated heterocycles. The van der Waals surface area contributed by atoms with E-state index in [1.165, 1.54) is 12.8 Å². The molecule has 2 atom stereocenters. The normalized spacial score (nSPS) is 21.7. The molecule has 0 aliphatic heterocycles. The van der Waals surface area contributed by atoms with Crippen LogP contribution in [0, 0.1) is 11.3 Å². The Bertz CT molecular complexity index is 316. The molecular formula is C17H32O3. The van der Waals surface area contributed by atoms with Crippen LogP contribution in [0.5, 0.6) is 0 Å². The van der Waals surface area contributed by atoms with Gasteiger partial charge in [-0.25, -0.2) is 0 Å². The first kappa shape index (κ1) is 17.7. The quantitative estimate of drug-likeness (QED) is 0.542. The van der Waals surface area contributed by atoms with Gasteiger partial charge < -0.3 is 14.6 Å². The van der Waals surface area contributed by atoms with Crippen molar-refractivity contribution in [2.45, 2.75) is 71.7 Å². The summed E-state index contributed by atoms with van der Waals surface area (Å²) in [7, 11) is 1.72. The highest BCUT2D eigenvalue weighted by atomic mass is 16.6. The second kappa shape index (κ2) is 7.06. The van der Waals surface area contributed by atoms with Crippen molar-refractivity contribution in [3.05, 3.63) is 12.2 Å². The fourth-order valence-electron chi connectivity index (χ4n) is 3.35. The number of hydrogen-bond acceptors (Lipinski definition) is 3. The van der Waals surface area contributed by atoms with E-state index in [0.29, 0.717) is 12.5 Å². The highest BCUT2D eigenvalue weighted by Crippen LogP contribution is 2.43. The van der Waals surface area contributed by atoms with Crippen LogP contribution in [0.2, 0.25) is 0 Å². The Morgan fingerprint density at radius 2 is 1.90 bits per heavy atom. The SMILES string of the molecule is C=C(C)CC(C)(C)C(O)OC1(C(C)COC)CCCC1. The van der Waals surface area contributed by atoms with E-state index in [9.17, 15) is 5.11 Å². The van der Waals surface area contributed by atoms with Gasteiger partial charge in [0.05, 0.1) is 12.2 Å². The number of methoxy groups -OCH3 is 1. The van der Waals surface area contributed by atoms with Crippen LogP contribution < -0.4 is 0 Å². The van der Waals surface area contributed by atoms with Gasteiger partial charge >= 0.3 is 0 Å². The molecule has 0 spiro atoms. The molecule has 0 radical (unpaired) electrons. The molecular weight excluding hydrogens is 252 g/mol. The van der Waals surface area contributed by atoms with Crippen LogP contribution in [0.3, 0.4) is 0 Å². The van der Waals surface area contributed by atoms with Crippen molar-refractivity contribution in [2.75, 3.05) is 13.7 Å². The summed E-state index contributed by atoms with van der Waals surface area (Å²) >= 11 is 0. The van der Waals surface area contributed by atoms with E-state index in [-0.39, 0.29) is 11.0 Å². The maximum atomic E-state index is 10.6. The van der Waals surface area contributed by atoms with E-state index < -0.39 is 6.29 Å². The minimum absolute atomic E-state index is 0.234. The average molecular weight is 284 g/mol. The summed E-state index contributed by atoms with van der Waals surface area (Å²) in [6.07, 6.45) is 4.36. The molecule has 1 aliphatic carbocycles. The standard InChI is InChI=1S/C17H32O3/c1-13(2)11-16(4,5)15(18)20-17(9-7-8-10-17)14(3)12-19-6/h14-15,18H,1,7-12H2,2-6H3. The second-order valence-corrected chi connectivity index (χ2v) is 7.22. The molecule has 0 heterocycles. The van der Waals surface area contributed by atoms with E-state index in [2.05, 4.69) is 13.5 Å². The molecule has 3 heteroatoms. The van der Waals surface area contributed by atoms with Gasteiger partial charge in [-0.1, -0.05) is 39.2 Å². The van der Waals surface area contributed by atoms with E-state index in [4.69, 9.17) is 9.47 Å². The highest BCUT2D eigenvalue weighted by Gasteiger charge is 2.44. The lowest BCUT2D eigenvalue weighted by molar-refractivity contribution is -0.246. The van der Waals surface area contributed by atoms with Crippen LogP contribution in [0.15, 0.2) is 12.2 Å². The fraction of sp³-hybridized carbons (Fsp3) is 0.882. The van der Waals surface area contributed by atoms with Gasteiger partial charge in [0.15, 0.2) is 6.29 Å². The molecule has 0 aromatic heterocycles. The van der Waals surface area contributed by atoms with E-state index in [0.717, 1.165) is 24.8 Å². The molecule has 0 amide bonds. The Labute approximate surface area is 124 Å². The number of aliphatic hydroxyl groups is 1. The Hall–Kier alpha value is -0.380. The van der Waals surface area contributed by atoms with Crippen LogP contribution >= 0.6 is 0 Å². The first-order valence-corrected chi connectivity index (χ1v) is 7.73. The summed E-state index contributed by atoms with van der Waals surface area (Å²) in [5.41, 5.74) is 0.527. The van der Waals surface area contributed by atoms with Gasteiger partial charge in [0.1, 0.15) is 0 Å². The van der Waals surface area contributed by atoms with Crippen LogP contribution in [0.25, 0.3) is 0 Å². The summed E-state index contributed by atoms with van der Waals surface area (Å²) in [6.45, 7) is 12.9. The molecule has 20 heavy (non-hydrogen) atoms. The summed E-state index contributed by atoms with van der Waals surface area (Å²) in [6, 6.07) is 0. The van der Waals surface area contributed by atoms with Gasteiger partial charge in [-0.3, -0.25) is 0 Å². The molecule has 1 N–H and O–H groups in total. The smallest absolute Gasteiger partial charge is 0.160 e. The second-order valence-electron chi connectivity index (χ2n) is 7.22. The molecule has 1 saturated carbocycles. The Balaban J connectivity index is 2.77. The third-order valence-electron chi connectivity index (χ3n) is 4.54. The number of allylic oxidation sites excluding steroid dienone is 1. The maximum Gasteiger partial charge on any atom is 0.160 e. The lowest BCUT2D eigenvalue weighted by Gasteiger charge is -2.41. The maximum absolute atomic E-state index is 10.6. The van der Waals surface area contributed by atoms with Crippen LogP contribution in [-0.4, -0.2) is 30.7 Å². The van der Waals surface area contributed by atoms with Gasteiger partial charge in [0, 0.05) is 18.4 Å². The predicted octanol–water partition coefficient (Wildman–Crippen LogP) is 3.91. The lowest BCUT2D eigenvalue weighted by atomic mass is 9.83. The zero-order chi connectivity index (χ0) is 15.4. The van der Waals surface area contributed by atoms with Crippen LogP contribution in [0.1, 0.15) is 59.8 Å². The third kappa shape index (κ3) is 4.31. The zero-order valence-corrected chi connectivity index (χ0v) is 13.9. The first-order chi connectivity index (χ1) is 9.23. The molecule has 3 nitrogen and oxygen atoms in total. The number of hydrogen-bond donors (Lipinski definition) is 1. The van der Waals surface area contributed by atoms with Crippen molar-refractivity contribution in [1.29, 1.82) is 0 Å². The molecule has 1 aliphatic rings. The Kier molecular flexibility index (Phi) is 6.24. The molecule has 1 fully saturated rings. The van der Waals surface area contributed by atoms with Gasteiger partial charge in [0.25, 0.3) is 0 Å². The van der Waals surface area contributed by atoms with Crippen molar-refractivity contribution >= 4 is 0 Å². The summed E-state index contributed by atoms with van der Waals surface area (Å²) in [4.78, 5) is 0. The minimum atomic E-state index is -0.767. The predicted molar refractivity (Wildman–Crippen MR) is 82.5 cm³/mol. The molecule has 1 rings (SSSR count). The van der Waals surface area contributed by atoms with Crippen molar-refractivity contribution < 1.29 is 14.6 Å². The average Bonchev–Trinajstić information content (AvgIpc) is 2.77. The minimum Gasteiger partial charge on any atom is -0.384 e. The van der Waals surface area contributed by atoms with Crippen LogP contribution in [0.4, 0.5) is 0 Å². The topological polar surface area (TPSA) is 38.7 Å².